The van der Waals surface area contributed by atoms with Gasteiger partial charge in [-0.1, -0.05) is 12.1 Å². The quantitative estimate of drug-likeness (QED) is 0.282. The van der Waals surface area contributed by atoms with Crippen LogP contribution in [0.2, 0.25) is 0 Å². The molecule has 1 saturated carbocycles. The molecule has 35 heavy (non-hydrogen) atoms. The topological polar surface area (TPSA) is 96.8 Å². The maximum atomic E-state index is 13.3. The molecule has 0 spiro atoms. The van der Waals surface area contributed by atoms with E-state index in [1.807, 2.05) is 43.3 Å². The van der Waals surface area contributed by atoms with E-state index in [0.717, 1.165) is 29.5 Å². The van der Waals surface area contributed by atoms with Crippen molar-refractivity contribution in [1.29, 1.82) is 0 Å². The fraction of sp³-hybridized carbons (Fsp3) is 0.296. The van der Waals surface area contributed by atoms with Crippen molar-refractivity contribution >= 4 is 5.78 Å². The molecule has 180 valence electrons. The Labute approximate surface area is 202 Å². The Morgan fingerprint density at radius 3 is 2.20 bits per heavy atom. The normalized spacial score (nSPS) is 14.1. The molecule has 8 nitrogen and oxygen atoms in total. The Kier molecular flexibility index (Phi) is 6.13. The summed E-state index contributed by atoms with van der Waals surface area (Å²) in [6.07, 6.45) is 1.37. The number of carbonyl (C=O) groups excluding carboxylic acids is 1. The van der Waals surface area contributed by atoms with Gasteiger partial charge in [0.25, 0.3) is 0 Å². The van der Waals surface area contributed by atoms with E-state index in [4.69, 9.17) is 23.0 Å². The molecule has 1 aliphatic rings. The Morgan fingerprint density at radius 1 is 0.914 bits per heavy atom. The Hall–Kier alpha value is -3.91. The molecule has 1 fully saturated rings. The number of aromatic nitrogens is 2. The third-order valence-corrected chi connectivity index (χ3v) is 6.19. The Morgan fingerprint density at radius 2 is 1.60 bits per heavy atom. The van der Waals surface area contributed by atoms with Crippen molar-refractivity contribution in [1.82, 2.24) is 10.2 Å². The van der Waals surface area contributed by atoms with Crippen LogP contribution in [0.25, 0.3) is 22.8 Å². The molecule has 0 N–H and O–H groups in total. The number of nitrogens with zero attached hydrogens (tertiary/aromatic N) is 2. The van der Waals surface area contributed by atoms with E-state index in [1.165, 1.54) is 7.11 Å². The molecule has 4 aromatic rings. The smallest absolute Gasteiger partial charge is 0.247 e. The highest BCUT2D eigenvalue weighted by Gasteiger charge is 2.30. The summed E-state index contributed by atoms with van der Waals surface area (Å²) in [7, 11) is 4.69. The van der Waals surface area contributed by atoms with Gasteiger partial charge in [0.15, 0.2) is 5.76 Å². The number of hydrogen-bond acceptors (Lipinski definition) is 8. The summed E-state index contributed by atoms with van der Waals surface area (Å²) in [5.74, 6) is 3.33. The lowest BCUT2D eigenvalue weighted by Crippen LogP contribution is -2.14. The number of hydrogen-bond donors (Lipinski definition) is 0. The van der Waals surface area contributed by atoms with Crippen LogP contribution in [0.5, 0.6) is 11.5 Å². The number of carbonyl (C=O) groups is 1. The lowest BCUT2D eigenvalue weighted by atomic mass is 10.0. The van der Waals surface area contributed by atoms with E-state index in [0.29, 0.717) is 40.5 Å². The molecule has 2 aromatic carbocycles. The van der Waals surface area contributed by atoms with Gasteiger partial charge in [-0.25, -0.2) is 0 Å². The van der Waals surface area contributed by atoms with Gasteiger partial charge in [0.1, 0.15) is 23.4 Å². The van der Waals surface area contributed by atoms with Crippen LogP contribution in [0.15, 0.2) is 57.4 Å². The van der Waals surface area contributed by atoms with E-state index in [9.17, 15) is 4.79 Å². The van der Waals surface area contributed by atoms with Crippen molar-refractivity contribution in [3.8, 4) is 34.3 Å². The number of benzene rings is 2. The van der Waals surface area contributed by atoms with Gasteiger partial charge in [0, 0.05) is 29.7 Å². The van der Waals surface area contributed by atoms with Crippen molar-refractivity contribution in [2.75, 3.05) is 21.3 Å². The van der Waals surface area contributed by atoms with Crippen LogP contribution in [-0.2, 0) is 4.74 Å². The summed E-state index contributed by atoms with van der Waals surface area (Å²) in [5, 5.41) is 8.27. The van der Waals surface area contributed by atoms with Crippen LogP contribution in [0.1, 0.15) is 52.4 Å². The fourth-order valence-electron chi connectivity index (χ4n) is 4.02. The summed E-state index contributed by atoms with van der Waals surface area (Å²) in [6, 6.07) is 14.4. The van der Waals surface area contributed by atoms with Gasteiger partial charge >= 0.3 is 0 Å². The Balaban J connectivity index is 1.37. The second kappa shape index (κ2) is 9.38. The second-order valence-corrected chi connectivity index (χ2v) is 8.49. The first-order valence-electron chi connectivity index (χ1n) is 11.4. The maximum Gasteiger partial charge on any atom is 0.247 e. The number of ketones is 1. The van der Waals surface area contributed by atoms with Gasteiger partial charge in [-0.2, -0.15) is 0 Å². The molecular weight excluding hydrogens is 448 g/mol. The minimum absolute atomic E-state index is 0.195. The van der Waals surface area contributed by atoms with Gasteiger partial charge < -0.3 is 23.0 Å². The molecule has 0 bridgehead atoms. The number of Topliss-reactive ketones (excluding diaryl/α,β-unsaturated/α-hetero) is 1. The Bertz CT molecular complexity index is 1330. The minimum atomic E-state index is -0.824. The lowest BCUT2D eigenvalue weighted by Gasteiger charge is -2.14. The van der Waals surface area contributed by atoms with E-state index in [-0.39, 0.29) is 11.5 Å². The van der Waals surface area contributed by atoms with Crippen molar-refractivity contribution in [3.05, 3.63) is 71.3 Å². The predicted molar refractivity (Wildman–Crippen MR) is 128 cm³/mol. The highest BCUT2D eigenvalue weighted by atomic mass is 16.5. The van der Waals surface area contributed by atoms with Crippen molar-refractivity contribution in [3.63, 3.8) is 0 Å². The summed E-state index contributed by atoms with van der Waals surface area (Å²) in [6.45, 7) is 1.91. The molecule has 0 amide bonds. The molecule has 1 atom stereocenters. The van der Waals surface area contributed by atoms with Crippen LogP contribution in [0.4, 0.5) is 0 Å². The van der Waals surface area contributed by atoms with E-state index in [1.54, 1.807) is 26.4 Å². The van der Waals surface area contributed by atoms with Crippen LogP contribution in [0, 0.1) is 6.92 Å². The highest BCUT2D eigenvalue weighted by molar-refractivity contribution is 5.98. The largest absolute Gasteiger partial charge is 0.496 e. The molecule has 2 aromatic heterocycles. The second-order valence-electron chi connectivity index (χ2n) is 8.49. The van der Waals surface area contributed by atoms with Crippen LogP contribution in [0.3, 0.4) is 0 Å². The summed E-state index contributed by atoms with van der Waals surface area (Å²) in [4.78, 5) is 13.3. The van der Waals surface area contributed by atoms with Crippen LogP contribution in [-0.4, -0.2) is 37.3 Å². The van der Waals surface area contributed by atoms with Crippen molar-refractivity contribution in [2.24, 2.45) is 0 Å². The van der Waals surface area contributed by atoms with E-state index >= 15 is 0 Å². The third kappa shape index (κ3) is 4.44. The molecular formula is C27H26N2O6. The zero-order valence-corrected chi connectivity index (χ0v) is 20.0. The number of rotatable bonds is 9. The van der Waals surface area contributed by atoms with Gasteiger partial charge in [-0.05, 0) is 61.7 Å². The van der Waals surface area contributed by atoms with Gasteiger partial charge in [0.05, 0.1) is 14.2 Å². The number of methoxy groups -OCH3 is 3. The van der Waals surface area contributed by atoms with Gasteiger partial charge in [0.2, 0.25) is 17.6 Å². The van der Waals surface area contributed by atoms with Crippen LogP contribution < -0.4 is 9.47 Å². The zero-order chi connectivity index (χ0) is 24.5. The van der Waals surface area contributed by atoms with E-state index < -0.39 is 6.10 Å². The first-order chi connectivity index (χ1) is 17.0. The number of furan rings is 1. The summed E-state index contributed by atoms with van der Waals surface area (Å²) >= 11 is 0. The molecule has 5 rings (SSSR count). The van der Waals surface area contributed by atoms with Crippen LogP contribution >= 0.6 is 0 Å². The molecule has 0 aliphatic heterocycles. The standard InChI is InChI=1S/C27H26N2O6/c1-15-22(31-2)13-19(14-23(15)32-3)20-11-12-21(34-20)24(30)25(33-4)16-5-7-17(8-6-16)26-28-29-27(35-26)18-9-10-18/h5-8,11-14,18,25H,9-10H2,1-4H3. The summed E-state index contributed by atoms with van der Waals surface area (Å²) in [5.41, 5.74) is 3.11. The molecule has 1 aliphatic carbocycles. The lowest BCUT2D eigenvalue weighted by molar-refractivity contribution is 0.0577. The monoisotopic (exact) mass is 474 g/mol. The fourth-order valence-corrected chi connectivity index (χ4v) is 4.02. The third-order valence-electron chi connectivity index (χ3n) is 6.19. The first-order valence-corrected chi connectivity index (χ1v) is 11.4. The minimum Gasteiger partial charge on any atom is -0.496 e. The predicted octanol–water partition coefficient (Wildman–Crippen LogP) is 5.77. The first kappa shape index (κ1) is 22.9. The molecule has 0 saturated heterocycles. The highest BCUT2D eigenvalue weighted by Crippen LogP contribution is 2.40. The molecule has 2 heterocycles. The average molecular weight is 475 g/mol. The molecule has 8 heteroatoms. The zero-order valence-electron chi connectivity index (χ0n) is 20.0. The maximum absolute atomic E-state index is 13.3. The van der Waals surface area contributed by atoms with Gasteiger partial charge in [-0.15, -0.1) is 10.2 Å². The van der Waals surface area contributed by atoms with Gasteiger partial charge in [-0.3, -0.25) is 4.79 Å². The SMILES string of the molecule is COc1cc(-c2ccc(C(=O)C(OC)c3ccc(-c4nnc(C5CC5)o4)cc3)o2)cc(OC)c1C. The molecule has 0 radical (unpaired) electrons. The number of ether oxygens (including phenoxy) is 3. The van der Waals surface area contributed by atoms with Crippen molar-refractivity contribution < 1.29 is 27.8 Å². The van der Waals surface area contributed by atoms with E-state index in [2.05, 4.69) is 10.2 Å². The molecule has 1 unspecified atom stereocenters. The summed E-state index contributed by atoms with van der Waals surface area (Å²) < 4.78 is 28.1. The van der Waals surface area contributed by atoms with Crippen molar-refractivity contribution in [2.45, 2.75) is 31.8 Å². The average Bonchev–Trinajstić information content (AvgIpc) is 3.40.